The first-order chi connectivity index (χ1) is 4.09. The minimum absolute atomic E-state index is 0.213. The van der Waals surface area contributed by atoms with E-state index in [1.165, 1.54) is 6.92 Å². The van der Waals surface area contributed by atoms with Gasteiger partial charge in [0.1, 0.15) is 0 Å². The first-order valence-corrected chi connectivity index (χ1v) is 2.60. The molecule has 0 atom stereocenters. The normalized spacial score (nSPS) is 8.67. The van der Waals surface area contributed by atoms with Crippen molar-refractivity contribution in [2.45, 2.75) is 13.8 Å². The lowest BCUT2D eigenvalue weighted by Gasteiger charge is -2.10. The highest BCUT2D eigenvalue weighted by atomic mass is 16.4. The minimum atomic E-state index is -1.19. The predicted octanol–water partition coefficient (Wildman–Crippen LogP) is 0.533. The molecule has 52 valence electrons. The molecular formula is C5H9NO3. The molecule has 0 saturated carbocycles. The molecule has 0 saturated heterocycles. The molecule has 0 heterocycles. The van der Waals surface area contributed by atoms with Crippen LogP contribution in [0.5, 0.6) is 0 Å². The molecule has 2 amide bonds. The largest absolute Gasteiger partial charge is 0.465 e. The van der Waals surface area contributed by atoms with Crippen molar-refractivity contribution < 1.29 is 14.7 Å². The highest BCUT2D eigenvalue weighted by Gasteiger charge is 2.12. The van der Waals surface area contributed by atoms with Gasteiger partial charge in [0.05, 0.1) is 0 Å². The summed E-state index contributed by atoms with van der Waals surface area (Å²) >= 11 is 0. The summed E-state index contributed by atoms with van der Waals surface area (Å²) in [6, 6.07) is 0. The molecule has 0 bridgehead atoms. The van der Waals surface area contributed by atoms with Crippen molar-refractivity contribution in [1.82, 2.24) is 4.90 Å². The smallest absolute Gasteiger partial charge is 0.414 e. The fourth-order valence-electron chi connectivity index (χ4n) is 0.493. The average Bonchev–Trinajstić information content (AvgIpc) is 1.64. The molecule has 0 aromatic rings. The molecule has 0 fully saturated rings. The maximum absolute atomic E-state index is 10.4. The second kappa shape index (κ2) is 3.06. The molecule has 0 aliphatic rings. The first kappa shape index (κ1) is 7.94. The van der Waals surface area contributed by atoms with Crippen LogP contribution in [-0.2, 0) is 4.79 Å². The molecule has 0 aliphatic heterocycles. The maximum atomic E-state index is 10.4. The van der Waals surface area contributed by atoms with Crippen LogP contribution >= 0.6 is 0 Å². The van der Waals surface area contributed by atoms with Crippen molar-refractivity contribution in [1.29, 1.82) is 0 Å². The molecule has 1 N–H and O–H groups in total. The van der Waals surface area contributed by atoms with Gasteiger partial charge in [0, 0.05) is 13.5 Å². The van der Waals surface area contributed by atoms with Crippen molar-refractivity contribution in [2.75, 3.05) is 6.54 Å². The zero-order chi connectivity index (χ0) is 7.44. The number of amides is 2. The molecule has 0 spiro atoms. The molecule has 4 heteroatoms. The summed E-state index contributed by atoms with van der Waals surface area (Å²) in [5, 5.41) is 8.25. The maximum Gasteiger partial charge on any atom is 0.414 e. The van der Waals surface area contributed by atoms with Gasteiger partial charge in [-0.05, 0) is 6.92 Å². The van der Waals surface area contributed by atoms with E-state index < -0.39 is 12.0 Å². The quantitative estimate of drug-likeness (QED) is 0.564. The van der Waals surface area contributed by atoms with Gasteiger partial charge in [-0.1, -0.05) is 0 Å². The summed E-state index contributed by atoms with van der Waals surface area (Å²) in [4.78, 5) is 21.2. The third-order valence-electron chi connectivity index (χ3n) is 0.927. The zero-order valence-corrected chi connectivity index (χ0v) is 5.42. The summed E-state index contributed by atoms with van der Waals surface area (Å²) in [5.74, 6) is -0.440. The van der Waals surface area contributed by atoms with E-state index in [1.807, 2.05) is 0 Å². The van der Waals surface area contributed by atoms with Crippen LogP contribution in [0.25, 0.3) is 0 Å². The Morgan fingerprint density at radius 2 is 2.00 bits per heavy atom. The number of carbonyl (C=O) groups is 2. The van der Waals surface area contributed by atoms with Gasteiger partial charge in [0.25, 0.3) is 0 Å². The number of carbonyl (C=O) groups excluding carboxylic acids is 1. The van der Waals surface area contributed by atoms with Crippen LogP contribution in [0.1, 0.15) is 13.8 Å². The lowest BCUT2D eigenvalue weighted by molar-refractivity contribution is -0.126. The van der Waals surface area contributed by atoms with E-state index in [1.54, 1.807) is 6.92 Å². The zero-order valence-electron chi connectivity index (χ0n) is 5.42. The van der Waals surface area contributed by atoms with E-state index in [2.05, 4.69) is 0 Å². The fourth-order valence-corrected chi connectivity index (χ4v) is 0.493. The van der Waals surface area contributed by atoms with Gasteiger partial charge in [-0.2, -0.15) is 0 Å². The van der Waals surface area contributed by atoms with Crippen LogP contribution in [0.15, 0.2) is 0 Å². The van der Waals surface area contributed by atoms with Gasteiger partial charge in [-0.3, -0.25) is 4.79 Å². The Kier molecular flexibility index (Phi) is 2.70. The number of imide groups is 1. The first-order valence-electron chi connectivity index (χ1n) is 2.60. The molecule has 0 aliphatic carbocycles. The summed E-state index contributed by atoms with van der Waals surface area (Å²) in [6.45, 7) is 3.04. The molecule has 4 nitrogen and oxygen atoms in total. The summed E-state index contributed by atoms with van der Waals surface area (Å²) in [7, 11) is 0. The Bertz CT molecular complexity index is 118. The summed E-state index contributed by atoms with van der Waals surface area (Å²) in [6.07, 6.45) is -1.19. The van der Waals surface area contributed by atoms with Crippen LogP contribution < -0.4 is 0 Å². The standard InChI is InChI=1S/C5H9NO3/c1-3-6(4(2)7)5(8)9/h3H2,1-2H3,(H,8,9). The lowest BCUT2D eigenvalue weighted by Crippen LogP contribution is -2.33. The number of rotatable bonds is 1. The second-order valence-electron chi connectivity index (χ2n) is 1.55. The van der Waals surface area contributed by atoms with Crippen molar-refractivity contribution in [3.05, 3.63) is 0 Å². The summed E-state index contributed by atoms with van der Waals surface area (Å²) in [5.41, 5.74) is 0. The van der Waals surface area contributed by atoms with E-state index in [4.69, 9.17) is 5.11 Å². The minimum Gasteiger partial charge on any atom is -0.465 e. The third-order valence-corrected chi connectivity index (χ3v) is 0.927. The van der Waals surface area contributed by atoms with Crippen LogP contribution in [0, 0.1) is 0 Å². The Hall–Kier alpha value is -1.06. The van der Waals surface area contributed by atoms with Gasteiger partial charge in [-0.25, -0.2) is 9.69 Å². The molecule has 9 heavy (non-hydrogen) atoms. The van der Waals surface area contributed by atoms with Gasteiger partial charge < -0.3 is 5.11 Å². The van der Waals surface area contributed by atoms with Gasteiger partial charge >= 0.3 is 6.09 Å². The summed E-state index contributed by atoms with van der Waals surface area (Å²) < 4.78 is 0. The monoisotopic (exact) mass is 131 g/mol. The van der Waals surface area contributed by atoms with Gasteiger partial charge in [0.15, 0.2) is 0 Å². The van der Waals surface area contributed by atoms with Crippen molar-refractivity contribution in [3.63, 3.8) is 0 Å². The Balaban J connectivity index is 3.99. The van der Waals surface area contributed by atoms with E-state index in [0.29, 0.717) is 0 Å². The predicted molar refractivity (Wildman–Crippen MR) is 31.1 cm³/mol. The topological polar surface area (TPSA) is 57.6 Å². The molecule has 0 rings (SSSR count). The van der Waals surface area contributed by atoms with Crippen LogP contribution in [-0.4, -0.2) is 28.6 Å². The van der Waals surface area contributed by atoms with Gasteiger partial charge in [-0.15, -0.1) is 0 Å². The van der Waals surface area contributed by atoms with E-state index in [9.17, 15) is 9.59 Å². The second-order valence-corrected chi connectivity index (χ2v) is 1.55. The van der Waals surface area contributed by atoms with Crippen molar-refractivity contribution >= 4 is 12.0 Å². The van der Waals surface area contributed by atoms with Crippen molar-refractivity contribution in [2.24, 2.45) is 0 Å². The third kappa shape index (κ3) is 2.12. The SMILES string of the molecule is CCN(C(C)=O)C(=O)O. The molecule has 0 radical (unpaired) electrons. The molecule has 0 aromatic heterocycles. The number of nitrogens with zero attached hydrogens (tertiary/aromatic N) is 1. The highest BCUT2D eigenvalue weighted by Crippen LogP contribution is 1.87. The lowest BCUT2D eigenvalue weighted by atomic mass is 10.5. The van der Waals surface area contributed by atoms with Gasteiger partial charge in [0.2, 0.25) is 5.91 Å². The van der Waals surface area contributed by atoms with E-state index in [0.717, 1.165) is 4.90 Å². The van der Waals surface area contributed by atoms with Crippen molar-refractivity contribution in [3.8, 4) is 0 Å². The van der Waals surface area contributed by atoms with Crippen LogP contribution in [0.3, 0.4) is 0 Å². The Morgan fingerprint density at radius 3 is 2.00 bits per heavy atom. The highest BCUT2D eigenvalue weighted by molar-refractivity contribution is 5.89. The Morgan fingerprint density at radius 1 is 1.56 bits per heavy atom. The molecular weight excluding hydrogens is 122 g/mol. The van der Waals surface area contributed by atoms with Crippen LogP contribution in [0.4, 0.5) is 4.79 Å². The number of hydrogen-bond donors (Lipinski definition) is 1. The average molecular weight is 131 g/mol. The van der Waals surface area contributed by atoms with E-state index in [-0.39, 0.29) is 6.54 Å². The molecule has 0 aromatic carbocycles. The van der Waals surface area contributed by atoms with Crippen LogP contribution in [0.2, 0.25) is 0 Å². The van der Waals surface area contributed by atoms with E-state index >= 15 is 0 Å². The number of carboxylic acid groups (broad SMARTS) is 1. The number of hydrogen-bond acceptors (Lipinski definition) is 2. The fraction of sp³-hybridized carbons (Fsp3) is 0.600. The molecule has 0 unspecified atom stereocenters. The Labute approximate surface area is 53.1 Å².